The molecule has 6 heteroatoms. The van der Waals surface area contributed by atoms with Crippen molar-refractivity contribution in [2.45, 2.75) is 24.7 Å². The zero-order valence-electron chi connectivity index (χ0n) is 14.7. The first-order valence-electron chi connectivity index (χ1n) is 8.62. The van der Waals surface area contributed by atoms with Gasteiger partial charge < -0.3 is 21.1 Å². The number of urea groups is 1. The van der Waals surface area contributed by atoms with Crippen LogP contribution in [0.4, 0.5) is 10.5 Å². The van der Waals surface area contributed by atoms with Crippen LogP contribution in [0.5, 0.6) is 5.75 Å². The summed E-state index contributed by atoms with van der Waals surface area (Å²) in [5.74, 6) is -0.0971. The molecule has 1 saturated carbocycles. The molecule has 0 spiro atoms. The summed E-state index contributed by atoms with van der Waals surface area (Å²) in [5, 5.41) is 5.70. The fourth-order valence-electron chi connectivity index (χ4n) is 3.34. The monoisotopic (exact) mass is 353 g/mol. The van der Waals surface area contributed by atoms with Crippen LogP contribution < -0.4 is 21.1 Å². The first-order valence-corrected chi connectivity index (χ1v) is 8.62. The molecule has 2 aromatic carbocycles. The van der Waals surface area contributed by atoms with E-state index in [0.717, 1.165) is 19.3 Å². The third kappa shape index (κ3) is 3.64. The number of carbonyl (C=O) groups is 2. The molecule has 0 heterocycles. The largest absolute Gasteiger partial charge is 0.495 e. The number of hydrogen-bond donors (Lipinski definition) is 3. The van der Waals surface area contributed by atoms with Crippen LogP contribution in [-0.4, -0.2) is 25.6 Å². The molecule has 0 unspecified atom stereocenters. The molecule has 0 bridgehead atoms. The average molecular weight is 353 g/mol. The predicted molar refractivity (Wildman–Crippen MR) is 101 cm³/mol. The number of anilines is 1. The van der Waals surface area contributed by atoms with Crippen molar-refractivity contribution in [3.63, 3.8) is 0 Å². The van der Waals surface area contributed by atoms with Gasteiger partial charge in [0, 0.05) is 17.5 Å². The Kier molecular flexibility index (Phi) is 5.11. The summed E-state index contributed by atoms with van der Waals surface area (Å²) < 4.78 is 5.23. The molecule has 0 aromatic heterocycles. The fourth-order valence-corrected chi connectivity index (χ4v) is 3.34. The van der Waals surface area contributed by atoms with E-state index >= 15 is 0 Å². The molecule has 3 amide bonds. The zero-order chi connectivity index (χ0) is 18.6. The molecule has 136 valence electrons. The number of benzene rings is 2. The Morgan fingerprint density at radius 2 is 1.88 bits per heavy atom. The minimum atomic E-state index is -0.561. The molecule has 1 fully saturated rings. The van der Waals surface area contributed by atoms with Crippen LogP contribution in [0.1, 0.15) is 35.2 Å². The molecule has 6 nitrogen and oxygen atoms in total. The maximum absolute atomic E-state index is 12.4. The van der Waals surface area contributed by atoms with E-state index in [-0.39, 0.29) is 11.4 Å². The highest BCUT2D eigenvalue weighted by molar-refractivity contribution is 5.97. The molecule has 0 aliphatic heterocycles. The first kappa shape index (κ1) is 17.8. The lowest BCUT2D eigenvalue weighted by atomic mass is 9.64. The van der Waals surface area contributed by atoms with Gasteiger partial charge in [0.25, 0.3) is 0 Å². The molecule has 26 heavy (non-hydrogen) atoms. The van der Waals surface area contributed by atoms with Crippen molar-refractivity contribution in [2.75, 3.05) is 19.0 Å². The van der Waals surface area contributed by atoms with Gasteiger partial charge in [0.2, 0.25) is 5.91 Å². The number of nitrogens with two attached hydrogens (primary N) is 1. The molecule has 2 aromatic rings. The molecular formula is C20H23N3O3. The maximum atomic E-state index is 12.4. The van der Waals surface area contributed by atoms with Crippen molar-refractivity contribution in [3.05, 3.63) is 59.7 Å². The van der Waals surface area contributed by atoms with Crippen molar-refractivity contribution in [2.24, 2.45) is 5.73 Å². The summed E-state index contributed by atoms with van der Waals surface area (Å²) in [4.78, 5) is 23.7. The first-order chi connectivity index (χ1) is 12.5. The van der Waals surface area contributed by atoms with Crippen molar-refractivity contribution in [1.82, 2.24) is 5.32 Å². The van der Waals surface area contributed by atoms with Gasteiger partial charge in [-0.05, 0) is 36.6 Å². The van der Waals surface area contributed by atoms with E-state index in [2.05, 4.69) is 22.8 Å². The summed E-state index contributed by atoms with van der Waals surface area (Å²) in [5.41, 5.74) is 7.26. The highest BCUT2D eigenvalue weighted by Gasteiger charge is 2.38. The molecule has 0 radical (unpaired) electrons. The highest BCUT2D eigenvalue weighted by Crippen LogP contribution is 2.43. The lowest BCUT2D eigenvalue weighted by Crippen LogP contribution is -2.46. The van der Waals surface area contributed by atoms with Crippen LogP contribution >= 0.6 is 0 Å². The van der Waals surface area contributed by atoms with Crippen LogP contribution in [0, 0.1) is 0 Å². The van der Waals surface area contributed by atoms with Gasteiger partial charge in [-0.3, -0.25) is 4.79 Å². The van der Waals surface area contributed by atoms with Crippen molar-refractivity contribution in [3.8, 4) is 5.75 Å². The Morgan fingerprint density at radius 1 is 1.15 bits per heavy atom. The Labute approximate surface area is 152 Å². The van der Waals surface area contributed by atoms with Crippen LogP contribution in [0.15, 0.2) is 48.5 Å². The second-order valence-corrected chi connectivity index (χ2v) is 6.59. The van der Waals surface area contributed by atoms with Crippen LogP contribution in [-0.2, 0) is 5.41 Å². The smallest absolute Gasteiger partial charge is 0.319 e. The lowest BCUT2D eigenvalue weighted by molar-refractivity contribution is 0.1000. The van der Waals surface area contributed by atoms with Crippen molar-refractivity contribution < 1.29 is 14.3 Å². The van der Waals surface area contributed by atoms with Crippen molar-refractivity contribution >= 4 is 17.6 Å². The fraction of sp³-hybridized carbons (Fsp3) is 0.300. The van der Waals surface area contributed by atoms with Gasteiger partial charge in [-0.25, -0.2) is 4.79 Å². The summed E-state index contributed by atoms with van der Waals surface area (Å²) >= 11 is 0. The number of hydrogen-bond acceptors (Lipinski definition) is 3. The third-order valence-electron chi connectivity index (χ3n) is 5.02. The molecular weight excluding hydrogens is 330 g/mol. The van der Waals surface area contributed by atoms with Gasteiger partial charge in [-0.15, -0.1) is 0 Å². The Balaban J connectivity index is 1.68. The SMILES string of the molecule is COc1ccc(C(N)=O)cc1NC(=O)NCC1(c2ccccc2)CCC1. The Morgan fingerprint density at radius 3 is 2.46 bits per heavy atom. The number of rotatable bonds is 6. The molecule has 0 atom stereocenters. The van der Waals surface area contributed by atoms with E-state index in [9.17, 15) is 9.59 Å². The number of amides is 3. The van der Waals surface area contributed by atoms with Gasteiger partial charge in [-0.2, -0.15) is 0 Å². The summed E-state index contributed by atoms with van der Waals surface area (Å²) in [7, 11) is 1.50. The average Bonchev–Trinajstić information content (AvgIpc) is 2.61. The third-order valence-corrected chi connectivity index (χ3v) is 5.02. The van der Waals surface area contributed by atoms with E-state index in [1.165, 1.54) is 18.7 Å². The Bertz CT molecular complexity index is 801. The summed E-state index contributed by atoms with van der Waals surface area (Å²) in [6.07, 6.45) is 3.27. The zero-order valence-corrected chi connectivity index (χ0v) is 14.7. The number of ether oxygens (including phenoxy) is 1. The molecule has 0 saturated heterocycles. The molecule has 3 rings (SSSR count). The standard InChI is InChI=1S/C20H23N3O3/c1-26-17-9-8-14(18(21)24)12-16(17)23-19(25)22-13-20(10-5-11-20)15-6-3-2-4-7-15/h2-4,6-9,12H,5,10-11,13H2,1H3,(H2,21,24)(H2,22,23,25). The van der Waals surface area contributed by atoms with E-state index in [0.29, 0.717) is 23.5 Å². The minimum absolute atomic E-state index is 0.00222. The normalized spacial score (nSPS) is 14.8. The van der Waals surface area contributed by atoms with E-state index < -0.39 is 5.91 Å². The van der Waals surface area contributed by atoms with E-state index in [1.54, 1.807) is 12.1 Å². The van der Waals surface area contributed by atoms with E-state index in [1.807, 2.05) is 18.2 Å². The maximum Gasteiger partial charge on any atom is 0.319 e. The highest BCUT2D eigenvalue weighted by atomic mass is 16.5. The Hall–Kier alpha value is -3.02. The molecule has 1 aliphatic rings. The molecule has 1 aliphatic carbocycles. The second kappa shape index (κ2) is 7.47. The van der Waals surface area contributed by atoms with Gasteiger partial charge in [-0.1, -0.05) is 36.8 Å². The number of methoxy groups -OCH3 is 1. The van der Waals surface area contributed by atoms with E-state index in [4.69, 9.17) is 10.5 Å². The lowest BCUT2D eigenvalue weighted by Gasteiger charge is -2.42. The number of carbonyl (C=O) groups excluding carboxylic acids is 2. The number of primary amides is 1. The topological polar surface area (TPSA) is 93.4 Å². The van der Waals surface area contributed by atoms with Crippen LogP contribution in [0.25, 0.3) is 0 Å². The van der Waals surface area contributed by atoms with Crippen molar-refractivity contribution in [1.29, 1.82) is 0 Å². The predicted octanol–water partition coefficient (Wildman–Crippen LogP) is 3.04. The van der Waals surface area contributed by atoms with Gasteiger partial charge in [0.05, 0.1) is 12.8 Å². The minimum Gasteiger partial charge on any atom is -0.495 e. The molecule has 4 N–H and O–H groups in total. The summed E-state index contributed by atoms with van der Waals surface area (Å²) in [6.45, 7) is 0.556. The van der Waals surface area contributed by atoms with Gasteiger partial charge in [0.1, 0.15) is 5.75 Å². The quantitative estimate of drug-likeness (QED) is 0.745. The van der Waals surface area contributed by atoms with Gasteiger partial charge in [0.15, 0.2) is 0 Å². The second-order valence-electron chi connectivity index (χ2n) is 6.59. The number of nitrogens with one attached hydrogen (secondary N) is 2. The summed E-state index contributed by atoms with van der Waals surface area (Å²) in [6, 6.07) is 14.6. The van der Waals surface area contributed by atoms with Crippen LogP contribution in [0.3, 0.4) is 0 Å². The van der Waals surface area contributed by atoms with Gasteiger partial charge >= 0.3 is 6.03 Å². The van der Waals surface area contributed by atoms with Crippen LogP contribution in [0.2, 0.25) is 0 Å².